The third-order valence-corrected chi connectivity index (χ3v) is 11.5. The summed E-state index contributed by atoms with van der Waals surface area (Å²) in [6.07, 6.45) is 1.89. The fourth-order valence-electron chi connectivity index (χ4n) is 8.01. The van der Waals surface area contributed by atoms with Gasteiger partial charge in [-0.2, -0.15) is 0 Å². The van der Waals surface area contributed by atoms with E-state index in [1.165, 1.54) is 74.4 Å². The maximum atomic E-state index is 5.23. The van der Waals surface area contributed by atoms with Crippen molar-refractivity contribution in [2.45, 2.75) is 0 Å². The summed E-state index contributed by atoms with van der Waals surface area (Å²) in [6.45, 7) is 0. The predicted octanol–water partition coefficient (Wildman–Crippen LogP) is 12.7. The predicted molar refractivity (Wildman–Crippen MR) is 213 cm³/mol. The Morgan fingerprint density at radius 2 is 1.02 bits per heavy atom. The molecule has 0 radical (unpaired) electrons. The first-order valence-electron chi connectivity index (χ1n) is 16.9. The van der Waals surface area contributed by atoms with E-state index in [4.69, 9.17) is 9.97 Å². The molecular weight excluding hydrogens is 627 g/mol. The van der Waals surface area contributed by atoms with Gasteiger partial charge in [-0.05, 0) is 79.8 Å². The quantitative estimate of drug-likeness (QED) is 0.178. The highest BCUT2D eigenvalue weighted by molar-refractivity contribution is 7.26. The van der Waals surface area contributed by atoms with Crippen molar-refractivity contribution in [2.24, 2.45) is 0 Å². The van der Waals surface area contributed by atoms with Gasteiger partial charge in [-0.25, -0.2) is 9.97 Å². The Kier molecular flexibility index (Phi) is 5.83. The number of rotatable bonds is 3. The van der Waals surface area contributed by atoms with Gasteiger partial charge in [0.05, 0.1) is 16.7 Å². The minimum atomic E-state index is 0.663. The molecule has 0 spiro atoms. The van der Waals surface area contributed by atoms with Crippen molar-refractivity contribution in [1.82, 2.24) is 14.5 Å². The average Bonchev–Trinajstić information content (AvgIpc) is 3.73. The van der Waals surface area contributed by atoms with E-state index in [1.807, 2.05) is 23.6 Å². The molecule has 0 N–H and O–H groups in total. The Labute approximate surface area is 291 Å². The normalized spacial score (nSPS) is 12.0. The maximum absolute atomic E-state index is 5.23. The number of hydrogen-bond acceptors (Lipinski definition) is 3. The molecule has 0 saturated carbocycles. The first-order chi connectivity index (χ1) is 24.8. The number of nitrogens with zero attached hydrogens (tertiary/aromatic N) is 3. The molecule has 0 aliphatic rings. The summed E-state index contributed by atoms with van der Waals surface area (Å²) in [5.74, 6) is 0.663. The Hall–Kier alpha value is -6.36. The van der Waals surface area contributed by atoms with Gasteiger partial charge in [-0.3, -0.25) is 4.57 Å². The Morgan fingerprint density at radius 1 is 0.420 bits per heavy atom. The van der Waals surface area contributed by atoms with Crippen LogP contribution in [0.3, 0.4) is 0 Å². The summed E-state index contributed by atoms with van der Waals surface area (Å²) >= 11 is 1.87. The van der Waals surface area contributed by atoms with E-state index in [9.17, 15) is 0 Å². The molecular formula is C46H27N3S. The lowest BCUT2D eigenvalue weighted by atomic mass is 9.93. The molecule has 232 valence electrons. The minimum absolute atomic E-state index is 0.663. The molecule has 11 rings (SSSR count). The lowest BCUT2D eigenvalue weighted by Gasteiger charge is -2.12. The van der Waals surface area contributed by atoms with E-state index in [0.717, 1.165) is 22.3 Å². The molecule has 0 unspecified atom stereocenters. The smallest absolute Gasteiger partial charge is 0.235 e. The average molecular weight is 654 g/mol. The van der Waals surface area contributed by atoms with Crippen LogP contribution >= 0.6 is 11.3 Å². The summed E-state index contributed by atoms with van der Waals surface area (Å²) in [5.41, 5.74) is 6.62. The van der Waals surface area contributed by atoms with Gasteiger partial charge in [0.1, 0.15) is 0 Å². The first-order valence-corrected chi connectivity index (χ1v) is 17.7. The van der Waals surface area contributed by atoms with Crippen molar-refractivity contribution in [1.29, 1.82) is 0 Å². The Balaban J connectivity index is 1.09. The highest BCUT2D eigenvalue weighted by atomic mass is 32.1. The molecule has 3 nitrogen and oxygen atoms in total. The molecule has 8 aromatic carbocycles. The lowest BCUT2D eigenvalue weighted by Crippen LogP contribution is -2.01. The van der Waals surface area contributed by atoms with Gasteiger partial charge in [0.2, 0.25) is 5.95 Å². The first kappa shape index (κ1) is 27.6. The molecule has 4 heteroatoms. The van der Waals surface area contributed by atoms with Gasteiger partial charge >= 0.3 is 0 Å². The van der Waals surface area contributed by atoms with Gasteiger partial charge < -0.3 is 0 Å². The molecule has 3 heterocycles. The van der Waals surface area contributed by atoms with Crippen molar-refractivity contribution in [3.05, 3.63) is 164 Å². The molecule has 0 saturated heterocycles. The minimum Gasteiger partial charge on any atom is -0.278 e. The van der Waals surface area contributed by atoms with E-state index < -0.39 is 0 Å². The summed E-state index contributed by atoms with van der Waals surface area (Å²) < 4.78 is 4.85. The summed E-state index contributed by atoms with van der Waals surface area (Å²) in [5, 5.41) is 12.6. The maximum Gasteiger partial charge on any atom is 0.235 e. The van der Waals surface area contributed by atoms with Gasteiger partial charge in [-0.15, -0.1) is 11.3 Å². The van der Waals surface area contributed by atoms with Crippen LogP contribution < -0.4 is 0 Å². The molecule has 50 heavy (non-hydrogen) atoms. The summed E-state index contributed by atoms with van der Waals surface area (Å²) in [4.78, 5) is 10.1. The van der Waals surface area contributed by atoms with E-state index in [-0.39, 0.29) is 0 Å². The van der Waals surface area contributed by atoms with E-state index in [2.05, 4.69) is 156 Å². The number of aromatic nitrogens is 3. The largest absolute Gasteiger partial charge is 0.278 e. The van der Waals surface area contributed by atoms with Crippen LogP contribution in [0.25, 0.3) is 103 Å². The SMILES string of the molecule is c1ccc2c(c1)sc1c(-c3ccc4c(c3)c3ccccc3n4-c3nccc(-c4ccc5c6ccccc6c6ccccc6c5c4)n3)cccc12. The zero-order valence-electron chi connectivity index (χ0n) is 26.8. The van der Waals surface area contributed by atoms with Crippen molar-refractivity contribution in [2.75, 3.05) is 0 Å². The molecule has 0 bridgehead atoms. The number of hydrogen-bond donors (Lipinski definition) is 0. The van der Waals surface area contributed by atoms with Crippen LogP contribution in [0.2, 0.25) is 0 Å². The fraction of sp³-hybridized carbons (Fsp3) is 0. The van der Waals surface area contributed by atoms with E-state index >= 15 is 0 Å². The number of fused-ring (bicyclic) bond motifs is 12. The Bertz CT molecular complexity index is 3130. The van der Waals surface area contributed by atoms with Crippen molar-refractivity contribution in [3.63, 3.8) is 0 Å². The van der Waals surface area contributed by atoms with E-state index in [1.54, 1.807) is 0 Å². The fourth-order valence-corrected chi connectivity index (χ4v) is 9.25. The molecule has 0 amide bonds. The zero-order chi connectivity index (χ0) is 32.8. The van der Waals surface area contributed by atoms with Gasteiger partial charge in [0.25, 0.3) is 0 Å². The third kappa shape index (κ3) is 3.97. The van der Waals surface area contributed by atoms with Crippen LogP contribution in [0.1, 0.15) is 0 Å². The second-order valence-corrected chi connectivity index (χ2v) is 14.0. The highest BCUT2D eigenvalue weighted by Crippen LogP contribution is 2.42. The highest BCUT2D eigenvalue weighted by Gasteiger charge is 2.18. The second-order valence-electron chi connectivity index (χ2n) is 13.0. The van der Waals surface area contributed by atoms with Gasteiger partial charge in [-0.1, -0.05) is 121 Å². The second kappa shape index (κ2) is 10.6. The third-order valence-electron chi connectivity index (χ3n) is 10.3. The van der Waals surface area contributed by atoms with Crippen LogP contribution in [0, 0.1) is 0 Å². The summed E-state index contributed by atoms with van der Waals surface area (Å²) in [6, 6.07) is 57.0. The van der Waals surface area contributed by atoms with Gasteiger partial charge in [0, 0.05) is 42.7 Å². The topological polar surface area (TPSA) is 30.7 Å². The molecule has 0 aliphatic heterocycles. The van der Waals surface area contributed by atoms with Crippen molar-refractivity contribution < 1.29 is 0 Å². The monoisotopic (exact) mass is 653 g/mol. The molecule has 0 atom stereocenters. The Morgan fingerprint density at radius 3 is 1.82 bits per heavy atom. The molecule has 11 aromatic rings. The number of benzene rings is 8. The van der Waals surface area contributed by atoms with Crippen molar-refractivity contribution in [3.8, 4) is 28.3 Å². The van der Waals surface area contributed by atoms with Gasteiger partial charge in [0.15, 0.2) is 0 Å². The van der Waals surface area contributed by atoms with Crippen LogP contribution in [0.4, 0.5) is 0 Å². The van der Waals surface area contributed by atoms with E-state index in [0.29, 0.717) is 5.95 Å². The number of thiophene rings is 1. The molecule has 0 aliphatic carbocycles. The van der Waals surface area contributed by atoms with Crippen LogP contribution in [-0.2, 0) is 0 Å². The van der Waals surface area contributed by atoms with Crippen LogP contribution in [0.5, 0.6) is 0 Å². The molecule has 0 fully saturated rings. The van der Waals surface area contributed by atoms with Crippen LogP contribution in [0.15, 0.2) is 164 Å². The zero-order valence-corrected chi connectivity index (χ0v) is 27.7. The number of para-hydroxylation sites is 1. The summed E-state index contributed by atoms with van der Waals surface area (Å²) in [7, 11) is 0. The van der Waals surface area contributed by atoms with Crippen molar-refractivity contribution >= 4 is 85.6 Å². The molecule has 3 aromatic heterocycles. The lowest BCUT2D eigenvalue weighted by molar-refractivity contribution is 0.992. The standard InChI is InChI=1S/C46H27N3S/c1-2-12-33-31(10-1)32-11-3-4-13-34(32)39-27-29(20-22-35(33)39)41-24-25-47-46(48-41)49-42-18-7-5-14-36(42)40-26-28(21-23-43(40)49)30-16-9-17-38-37-15-6-8-19-44(37)50-45(30)38/h1-27H. The van der Waals surface area contributed by atoms with Crippen LogP contribution in [-0.4, -0.2) is 14.5 Å².